The van der Waals surface area contributed by atoms with Gasteiger partial charge in [-0.15, -0.1) is 0 Å². The lowest BCUT2D eigenvalue weighted by Gasteiger charge is -2.18. The highest BCUT2D eigenvalue weighted by molar-refractivity contribution is 5.80. The van der Waals surface area contributed by atoms with Crippen molar-refractivity contribution in [3.05, 3.63) is 12.2 Å². The number of carboxylic acid groups (broad SMARTS) is 1. The zero-order valence-corrected chi connectivity index (χ0v) is 31.9. The molecule has 0 saturated carbocycles. The fourth-order valence-electron chi connectivity index (χ4n) is 6.34. The molecule has 0 fully saturated rings. The Bertz CT molecular complexity index is 752. The summed E-state index contributed by atoms with van der Waals surface area (Å²) in [5.41, 5.74) is 0. The summed E-state index contributed by atoms with van der Waals surface area (Å²) in [4.78, 5) is 35.0. The molecule has 0 saturated heterocycles. The van der Waals surface area contributed by atoms with Crippen LogP contribution in [-0.4, -0.2) is 35.6 Å². The van der Waals surface area contributed by atoms with Crippen LogP contribution in [-0.2, 0) is 19.1 Å². The smallest absolute Gasteiger partial charge is 0.322 e. The highest BCUT2D eigenvalue weighted by atomic mass is 16.5. The van der Waals surface area contributed by atoms with Gasteiger partial charge in [0.1, 0.15) is 12.6 Å². The topological polar surface area (TPSA) is 92.7 Å². The highest BCUT2D eigenvalue weighted by Crippen LogP contribution is 2.18. The molecular weight excluding hydrogens is 598 g/mol. The van der Waals surface area contributed by atoms with Crippen molar-refractivity contribution >= 4 is 17.8 Å². The summed E-state index contributed by atoms with van der Waals surface area (Å²) < 4.78 is 6.01. The molecule has 1 amide bonds. The predicted molar refractivity (Wildman–Crippen MR) is 203 cm³/mol. The Balaban J connectivity index is 4.19. The van der Waals surface area contributed by atoms with Crippen molar-refractivity contribution < 1.29 is 24.2 Å². The van der Waals surface area contributed by atoms with Crippen LogP contribution >= 0.6 is 0 Å². The van der Waals surface area contributed by atoms with E-state index >= 15 is 0 Å². The summed E-state index contributed by atoms with van der Waals surface area (Å²) in [5, 5.41) is 11.1. The van der Waals surface area contributed by atoms with Crippen LogP contribution in [0.2, 0.25) is 0 Å². The molecule has 282 valence electrons. The molecule has 0 aliphatic heterocycles. The molecule has 1 unspecified atom stereocenters. The zero-order valence-electron chi connectivity index (χ0n) is 31.9. The van der Waals surface area contributed by atoms with Crippen LogP contribution in [0.3, 0.4) is 0 Å². The minimum atomic E-state index is -1.02. The second kappa shape index (κ2) is 38.0. The van der Waals surface area contributed by atoms with E-state index in [0.717, 1.165) is 70.6 Å². The maximum atomic E-state index is 12.7. The van der Waals surface area contributed by atoms with E-state index < -0.39 is 5.97 Å². The number of hydrogen-bond acceptors (Lipinski definition) is 4. The number of amides is 1. The molecule has 0 aromatic rings. The minimum Gasteiger partial charge on any atom is -0.480 e. The van der Waals surface area contributed by atoms with Gasteiger partial charge in [-0.25, -0.2) is 0 Å². The molecule has 0 aliphatic carbocycles. The number of carbonyl (C=O) groups excluding carboxylic acids is 2. The van der Waals surface area contributed by atoms with Gasteiger partial charge in [-0.1, -0.05) is 167 Å². The van der Waals surface area contributed by atoms with Crippen molar-refractivity contribution in [3.8, 4) is 0 Å². The first-order valence-electron chi connectivity index (χ1n) is 20.8. The first-order chi connectivity index (χ1) is 23.5. The Morgan fingerprint density at radius 2 is 0.917 bits per heavy atom. The van der Waals surface area contributed by atoms with Gasteiger partial charge in [-0.05, 0) is 57.8 Å². The average Bonchev–Trinajstić information content (AvgIpc) is 3.07. The molecule has 0 rings (SSSR count). The van der Waals surface area contributed by atoms with E-state index in [-0.39, 0.29) is 24.5 Å². The van der Waals surface area contributed by atoms with E-state index in [1.165, 1.54) is 128 Å². The number of hydrogen-bond donors (Lipinski definition) is 2. The summed E-state index contributed by atoms with van der Waals surface area (Å²) in [7, 11) is 0. The number of carbonyl (C=O) groups is 3. The van der Waals surface area contributed by atoms with Gasteiger partial charge in [0.25, 0.3) is 0 Å². The lowest BCUT2D eigenvalue weighted by Crippen LogP contribution is -2.28. The van der Waals surface area contributed by atoms with E-state index in [1.54, 1.807) is 0 Å². The molecule has 6 nitrogen and oxygen atoms in total. The third-order valence-electron chi connectivity index (χ3n) is 9.44. The van der Waals surface area contributed by atoms with Crippen molar-refractivity contribution in [2.75, 3.05) is 6.54 Å². The van der Waals surface area contributed by atoms with Gasteiger partial charge in [0.2, 0.25) is 5.91 Å². The van der Waals surface area contributed by atoms with Crippen LogP contribution in [0.4, 0.5) is 0 Å². The van der Waals surface area contributed by atoms with Gasteiger partial charge in [-0.2, -0.15) is 0 Å². The minimum absolute atomic E-state index is 0.00220. The Labute approximate surface area is 297 Å². The summed E-state index contributed by atoms with van der Waals surface area (Å²) >= 11 is 0. The lowest BCUT2D eigenvalue weighted by atomic mass is 10.0. The van der Waals surface area contributed by atoms with Gasteiger partial charge >= 0.3 is 11.9 Å². The summed E-state index contributed by atoms with van der Waals surface area (Å²) in [5.74, 6) is -1.24. The Hall–Kier alpha value is -1.85. The van der Waals surface area contributed by atoms with Gasteiger partial charge in [0, 0.05) is 12.8 Å². The molecule has 48 heavy (non-hydrogen) atoms. The molecule has 2 N–H and O–H groups in total. The monoisotopic (exact) mass is 678 g/mol. The molecule has 0 heterocycles. The van der Waals surface area contributed by atoms with E-state index in [9.17, 15) is 14.4 Å². The number of rotatable bonds is 38. The van der Waals surface area contributed by atoms with Crippen LogP contribution in [0.15, 0.2) is 12.2 Å². The molecule has 1 atom stereocenters. The first kappa shape index (κ1) is 46.1. The summed E-state index contributed by atoms with van der Waals surface area (Å²) in [6, 6.07) is 0. The van der Waals surface area contributed by atoms with E-state index in [1.807, 2.05) is 0 Å². The van der Waals surface area contributed by atoms with Crippen molar-refractivity contribution in [1.29, 1.82) is 0 Å². The molecule has 0 radical (unpaired) electrons. The number of aliphatic carboxylic acids is 1. The lowest BCUT2D eigenvalue weighted by molar-refractivity contribution is -0.150. The molecule has 0 spiro atoms. The molecule has 0 aromatic carbocycles. The second-order valence-corrected chi connectivity index (χ2v) is 14.2. The fourth-order valence-corrected chi connectivity index (χ4v) is 6.34. The quantitative estimate of drug-likeness (QED) is 0.0385. The maximum absolute atomic E-state index is 12.7. The van der Waals surface area contributed by atoms with Crippen LogP contribution in [0.5, 0.6) is 0 Å². The van der Waals surface area contributed by atoms with Crippen molar-refractivity contribution in [1.82, 2.24) is 5.32 Å². The normalized spacial score (nSPS) is 12.0. The number of nitrogens with one attached hydrogen (secondary N) is 1. The summed E-state index contributed by atoms with van der Waals surface area (Å²) in [6.07, 6.45) is 43.3. The molecular formula is C42H79NO5. The first-order valence-corrected chi connectivity index (χ1v) is 20.8. The average molecular weight is 678 g/mol. The van der Waals surface area contributed by atoms with Crippen LogP contribution in [0.1, 0.15) is 226 Å². The molecule has 6 heteroatoms. The summed E-state index contributed by atoms with van der Waals surface area (Å²) in [6.45, 7) is 4.23. The maximum Gasteiger partial charge on any atom is 0.322 e. The SMILES string of the molecule is CCCCCCCCCC/C=C\CCCC(CCCCCCCC(=O)NCC(=O)O)OC(=O)CCCCCCCCCCCCCCC. The molecule has 0 aliphatic rings. The van der Waals surface area contributed by atoms with Crippen LogP contribution in [0.25, 0.3) is 0 Å². The van der Waals surface area contributed by atoms with Crippen molar-refractivity contribution in [2.24, 2.45) is 0 Å². The number of esters is 1. The van der Waals surface area contributed by atoms with Crippen molar-refractivity contribution in [3.63, 3.8) is 0 Å². The van der Waals surface area contributed by atoms with Gasteiger partial charge < -0.3 is 15.2 Å². The fraction of sp³-hybridized carbons (Fsp3) is 0.881. The Morgan fingerprint density at radius 3 is 1.42 bits per heavy atom. The van der Waals surface area contributed by atoms with Crippen LogP contribution < -0.4 is 5.32 Å². The van der Waals surface area contributed by atoms with Gasteiger partial charge in [0.15, 0.2) is 0 Å². The number of ether oxygens (including phenoxy) is 1. The molecule has 0 bridgehead atoms. The van der Waals surface area contributed by atoms with Gasteiger partial charge in [0.05, 0.1) is 0 Å². The van der Waals surface area contributed by atoms with E-state index in [0.29, 0.717) is 12.8 Å². The standard InChI is InChI=1S/C42H79NO5/c1-3-5-7-9-11-13-15-17-19-21-23-26-30-34-39(35-31-27-25-28-32-36-40(44)43-38-41(45)46)48-42(47)37-33-29-24-22-20-18-16-14-12-10-8-6-4-2/h21,23,39H,3-20,22,24-38H2,1-2H3,(H,43,44)(H,45,46)/b23-21-. The van der Waals surface area contributed by atoms with E-state index in [4.69, 9.17) is 9.84 Å². The Kier molecular flexibility index (Phi) is 36.5. The Morgan fingerprint density at radius 1 is 0.521 bits per heavy atom. The number of carboxylic acids is 1. The van der Waals surface area contributed by atoms with Crippen LogP contribution in [0, 0.1) is 0 Å². The zero-order chi connectivity index (χ0) is 35.2. The van der Waals surface area contributed by atoms with Gasteiger partial charge in [-0.3, -0.25) is 14.4 Å². The third-order valence-corrected chi connectivity index (χ3v) is 9.44. The number of allylic oxidation sites excluding steroid dienone is 2. The van der Waals surface area contributed by atoms with E-state index in [2.05, 4.69) is 31.3 Å². The molecule has 0 aromatic heterocycles. The highest BCUT2D eigenvalue weighted by Gasteiger charge is 2.14. The third kappa shape index (κ3) is 37.0. The second-order valence-electron chi connectivity index (χ2n) is 14.2. The largest absolute Gasteiger partial charge is 0.480 e. The van der Waals surface area contributed by atoms with Crippen molar-refractivity contribution in [2.45, 2.75) is 232 Å². The number of unbranched alkanes of at least 4 members (excludes halogenated alkanes) is 25. The predicted octanol–water partition coefficient (Wildman–Crippen LogP) is 12.6.